The first kappa shape index (κ1) is 26.4. The summed E-state index contributed by atoms with van der Waals surface area (Å²) >= 11 is 2.87. The van der Waals surface area contributed by atoms with Gasteiger partial charge in [-0.3, -0.25) is 4.79 Å². The Bertz CT molecular complexity index is 969. The average Bonchev–Trinajstić information content (AvgIpc) is 2.83. The summed E-state index contributed by atoms with van der Waals surface area (Å²) in [5.74, 6) is 0.102. The fourth-order valence-electron chi connectivity index (χ4n) is 3.75. The number of halogens is 3. The topological polar surface area (TPSA) is 49.9 Å². The molecular formula is C24H27F3N2O3S2. The van der Waals surface area contributed by atoms with Gasteiger partial charge in [0.05, 0.1) is 24.0 Å². The zero-order chi connectivity index (χ0) is 24.7. The number of likely N-dealkylation sites (tertiary alicyclic amines) is 1. The zero-order valence-electron chi connectivity index (χ0n) is 19.0. The molecule has 0 aliphatic carbocycles. The number of thioether (sulfide) groups is 1. The van der Waals surface area contributed by atoms with Crippen LogP contribution in [0, 0.1) is 0 Å². The third-order valence-electron chi connectivity index (χ3n) is 5.54. The molecule has 0 saturated carbocycles. The molecule has 1 unspecified atom stereocenters. The number of carbonyl (C=O) groups is 2. The maximum Gasteiger partial charge on any atom is 0.416 e. The Morgan fingerprint density at radius 3 is 2.38 bits per heavy atom. The Kier molecular flexibility index (Phi) is 9.32. The molecule has 0 radical (unpaired) electrons. The van der Waals surface area contributed by atoms with Crippen molar-refractivity contribution in [2.45, 2.75) is 36.5 Å². The Morgan fingerprint density at radius 2 is 1.79 bits per heavy atom. The van der Waals surface area contributed by atoms with E-state index in [1.54, 1.807) is 12.1 Å². The molecule has 1 aliphatic heterocycles. The standard InChI is InChI=1S/C24H27F3N2O3S2/c1-32-23(31)18-7-5-17(6-8-18)14-29(20-4-3-13-28(15-20)22(30)16-33-2)34-21-11-9-19(10-12-21)24(25,26)27/h5-12,20H,3-4,13-16H2,1-2H3. The largest absolute Gasteiger partial charge is 0.465 e. The molecule has 1 saturated heterocycles. The van der Waals surface area contributed by atoms with Gasteiger partial charge in [-0.25, -0.2) is 9.10 Å². The van der Waals surface area contributed by atoms with Crippen molar-refractivity contribution in [1.82, 2.24) is 9.21 Å². The van der Waals surface area contributed by atoms with Crippen LogP contribution < -0.4 is 0 Å². The summed E-state index contributed by atoms with van der Waals surface area (Å²) in [7, 11) is 1.33. The number of hydrogen-bond donors (Lipinski definition) is 0. The van der Waals surface area contributed by atoms with E-state index in [1.807, 2.05) is 23.3 Å². The molecule has 0 aromatic heterocycles. The molecule has 2 aromatic rings. The summed E-state index contributed by atoms with van der Waals surface area (Å²) in [5, 5.41) is 0. The van der Waals surface area contributed by atoms with Crippen molar-refractivity contribution in [3.63, 3.8) is 0 Å². The van der Waals surface area contributed by atoms with Crippen LogP contribution in [-0.2, 0) is 22.3 Å². The summed E-state index contributed by atoms with van der Waals surface area (Å²) in [6.45, 7) is 1.78. The van der Waals surface area contributed by atoms with Gasteiger partial charge in [0.1, 0.15) is 0 Å². The Balaban J connectivity index is 1.80. The normalized spacial score (nSPS) is 16.5. The highest BCUT2D eigenvalue weighted by atomic mass is 32.2. The van der Waals surface area contributed by atoms with Crippen molar-refractivity contribution >= 4 is 35.6 Å². The molecule has 5 nitrogen and oxygen atoms in total. The summed E-state index contributed by atoms with van der Waals surface area (Å²) in [6, 6.07) is 12.2. The van der Waals surface area contributed by atoms with Gasteiger partial charge in [-0.2, -0.15) is 24.9 Å². The average molecular weight is 513 g/mol. The van der Waals surface area contributed by atoms with Crippen molar-refractivity contribution in [2.24, 2.45) is 0 Å². The van der Waals surface area contributed by atoms with Gasteiger partial charge in [0.25, 0.3) is 0 Å². The lowest BCUT2D eigenvalue weighted by Gasteiger charge is -2.38. The molecule has 2 aromatic carbocycles. The van der Waals surface area contributed by atoms with E-state index in [4.69, 9.17) is 4.74 Å². The summed E-state index contributed by atoms with van der Waals surface area (Å²) in [5.41, 5.74) is 0.702. The van der Waals surface area contributed by atoms with E-state index in [0.29, 0.717) is 35.8 Å². The second kappa shape index (κ2) is 12.0. The van der Waals surface area contributed by atoms with Crippen LogP contribution in [0.25, 0.3) is 0 Å². The molecule has 184 valence electrons. The molecule has 1 fully saturated rings. The number of ether oxygens (including phenoxy) is 1. The monoisotopic (exact) mass is 512 g/mol. The summed E-state index contributed by atoms with van der Waals surface area (Å²) in [6.07, 6.45) is -0.761. The number of alkyl halides is 3. The molecule has 1 aliphatic rings. The molecule has 3 rings (SSSR count). The molecule has 0 spiro atoms. The SMILES string of the molecule is COC(=O)c1ccc(CN(Sc2ccc(C(F)(F)F)cc2)C2CCCN(C(=O)CSC)C2)cc1. The van der Waals surface area contributed by atoms with E-state index >= 15 is 0 Å². The number of benzene rings is 2. The van der Waals surface area contributed by atoms with E-state index in [2.05, 4.69) is 4.31 Å². The molecule has 0 bridgehead atoms. The third-order valence-corrected chi connectivity index (χ3v) is 7.22. The number of hydrogen-bond acceptors (Lipinski definition) is 6. The Labute approximate surface area is 206 Å². The van der Waals surface area contributed by atoms with E-state index < -0.39 is 17.7 Å². The van der Waals surface area contributed by atoms with E-state index in [1.165, 1.54) is 43.0 Å². The van der Waals surface area contributed by atoms with Crippen molar-refractivity contribution in [3.8, 4) is 0 Å². The minimum absolute atomic E-state index is 0.0344. The molecule has 1 heterocycles. The lowest BCUT2D eigenvalue weighted by atomic mass is 10.0. The Hall–Kier alpha value is -2.17. The van der Waals surface area contributed by atoms with Gasteiger partial charge in [-0.15, -0.1) is 0 Å². The zero-order valence-corrected chi connectivity index (χ0v) is 20.6. The number of esters is 1. The van der Waals surface area contributed by atoms with Gasteiger partial charge in [0.15, 0.2) is 0 Å². The fraction of sp³-hybridized carbons (Fsp3) is 0.417. The van der Waals surface area contributed by atoms with Gasteiger partial charge in [-0.05, 0) is 73.0 Å². The smallest absolute Gasteiger partial charge is 0.416 e. The Morgan fingerprint density at radius 1 is 1.12 bits per heavy atom. The van der Waals surface area contributed by atoms with Crippen molar-refractivity contribution in [2.75, 3.05) is 32.2 Å². The van der Waals surface area contributed by atoms with Crippen LogP contribution in [0.3, 0.4) is 0 Å². The first-order chi connectivity index (χ1) is 16.2. The number of nitrogens with zero attached hydrogens (tertiary/aromatic N) is 2. The molecule has 34 heavy (non-hydrogen) atoms. The van der Waals surface area contributed by atoms with Crippen LogP contribution >= 0.6 is 23.7 Å². The predicted molar refractivity (Wildman–Crippen MR) is 129 cm³/mol. The van der Waals surface area contributed by atoms with Crippen molar-refractivity contribution in [3.05, 3.63) is 65.2 Å². The second-order valence-corrected chi connectivity index (χ2v) is 9.93. The quantitative estimate of drug-likeness (QED) is 0.351. The van der Waals surface area contributed by atoms with Gasteiger partial charge in [-0.1, -0.05) is 12.1 Å². The van der Waals surface area contributed by atoms with Crippen LogP contribution in [-0.4, -0.2) is 59.3 Å². The van der Waals surface area contributed by atoms with E-state index in [-0.39, 0.29) is 11.9 Å². The van der Waals surface area contributed by atoms with Crippen LogP contribution in [0.15, 0.2) is 53.4 Å². The highest BCUT2D eigenvalue weighted by Crippen LogP contribution is 2.34. The molecule has 0 N–H and O–H groups in total. The van der Waals surface area contributed by atoms with Crippen molar-refractivity contribution in [1.29, 1.82) is 0 Å². The van der Waals surface area contributed by atoms with Crippen LogP contribution in [0.1, 0.15) is 34.3 Å². The predicted octanol–water partition coefficient (Wildman–Crippen LogP) is 5.36. The lowest BCUT2D eigenvalue weighted by Crippen LogP contribution is -2.48. The first-order valence-electron chi connectivity index (χ1n) is 10.8. The lowest BCUT2D eigenvalue weighted by molar-refractivity contribution is -0.137. The summed E-state index contributed by atoms with van der Waals surface area (Å²) < 4.78 is 45.8. The molecule has 1 atom stereocenters. The molecule has 10 heteroatoms. The number of piperidine rings is 1. The van der Waals surface area contributed by atoms with Crippen LogP contribution in [0.2, 0.25) is 0 Å². The highest BCUT2D eigenvalue weighted by Gasteiger charge is 2.31. The third kappa shape index (κ3) is 7.16. The van der Waals surface area contributed by atoms with Gasteiger partial charge < -0.3 is 9.64 Å². The minimum atomic E-state index is -4.38. The van der Waals surface area contributed by atoms with Gasteiger partial charge in [0, 0.05) is 30.6 Å². The first-order valence-corrected chi connectivity index (χ1v) is 12.9. The number of amides is 1. The maximum atomic E-state index is 13.0. The fourth-order valence-corrected chi connectivity index (χ4v) is 5.24. The van der Waals surface area contributed by atoms with Crippen molar-refractivity contribution < 1.29 is 27.5 Å². The number of methoxy groups -OCH3 is 1. The van der Waals surface area contributed by atoms with Gasteiger partial charge >= 0.3 is 12.1 Å². The van der Waals surface area contributed by atoms with Crippen LogP contribution in [0.5, 0.6) is 0 Å². The molecular weight excluding hydrogens is 485 g/mol. The summed E-state index contributed by atoms with van der Waals surface area (Å²) in [4.78, 5) is 26.8. The number of carbonyl (C=O) groups excluding carboxylic acids is 2. The maximum absolute atomic E-state index is 13.0. The van der Waals surface area contributed by atoms with Gasteiger partial charge in [0.2, 0.25) is 5.91 Å². The van der Waals surface area contributed by atoms with Crippen LogP contribution in [0.4, 0.5) is 13.2 Å². The van der Waals surface area contributed by atoms with E-state index in [9.17, 15) is 22.8 Å². The molecule has 1 amide bonds. The minimum Gasteiger partial charge on any atom is -0.465 e. The highest BCUT2D eigenvalue weighted by molar-refractivity contribution is 7.99. The van der Waals surface area contributed by atoms with E-state index in [0.717, 1.165) is 30.5 Å². The second-order valence-electron chi connectivity index (χ2n) is 7.95. The number of rotatable bonds is 8.